The standard InChI is InChI=1S/C24H30FNO2/c1-16(2)28-22-17(3)14-21(15-18(22)4)26-23(27)24(12-6-5-7-13-24)19-8-10-20(25)11-9-19/h8-11,14-16H,5-7,12-13H2,1-4H3,(H,26,27). The minimum atomic E-state index is -0.596. The molecular formula is C24H30FNO2. The van der Waals surface area contributed by atoms with Gasteiger partial charge in [-0.25, -0.2) is 4.39 Å². The topological polar surface area (TPSA) is 38.3 Å². The van der Waals surface area contributed by atoms with Crippen molar-refractivity contribution in [2.24, 2.45) is 0 Å². The lowest BCUT2D eigenvalue weighted by Gasteiger charge is -2.36. The van der Waals surface area contributed by atoms with Crippen LogP contribution < -0.4 is 10.1 Å². The zero-order valence-electron chi connectivity index (χ0n) is 17.3. The van der Waals surface area contributed by atoms with Gasteiger partial charge in [-0.2, -0.15) is 0 Å². The number of ether oxygens (including phenoxy) is 1. The first-order valence-corrected chi connectivity index (χ1v) is 10.2. The van der Waals surface area contributed by atoms with E-state index in [1.807, 2.05) is 39.8 Å². The molecule has 150 valence electrons. The number of nitrogens with one attached hydrogen (secondary N) is 1. The molecule has 0 heterocycles. The van der Waals surface area contributed by atoms with Crippen LogP contribution in [0.2, 0.25) is 0 Å². The van der Waals surface area contributed by atoms with E-state index in [0.29, 0.717) is 0 Å². The van der Waals surface area contributed by atoms with Crippen molar-refractivity contribution >= 4 is 11.6 Å². The van der Waals surface area contributed by atoms with Gasteiger partial charge >= 0.3 is 0 Å². The van der Waals surface area contributed by atoms with Gasteiger partial charge in [-0.3, -0.25) is 4.79 Å². The van der Waals surface area contributed by atoms with Gasteiger partial charge in [-0.15, -0.1) is 0 Å². The molecule has 0 bridgehead atoms. The van der Waals surface area contributed by atoms with E-state index in [0.717, 1.165) is 60.2 Å². The van der Waals surface area contributed by atoms with Gasteiger partial charge in [-0.1, -0.05) is 31.4 Å². The Kier molecular flexibility index (Phi) is 6.07. The summed E-state index contributed by atoms with van der Waals surface area (Å²) in [5, 5.41) is 3.14. The molecule has 1 N–H and O–H groups in total. The summed E-state index contributed by atoms with van der Waals surface area (Å²) < 4.78 is 19.3. The lowest BCUT2D eigenvalue weighted by Crippen LogP contribution is -2.42. The maximum atomic E-state index is 13.4. The second-order valence-corrected chi connectivity index (χ2v) is 8.21. The van der Waals surface area contributed by atoms with Gasteiger partial charge in [-0.05, 0) is 81.5 Å². The number of carbonyl (C=O) groups is 1. The number of amides is 1. The number of hydrogen-bond donors (Lipinski definition) is 1. The Morgan fingerprint density at radius 1 is 1.04 bits per heavy atom. The van der Waals surface area contributed by atoms with E-state index in [9.17, 15) is 9.18 Å². The van der Waals surface area contributed by atoms with Crippen molar-refractivity contribution in [2.75, 3.05) is 5.32 Å². The first kappa shape index (κ1) is 20.4. The Hall–Kier alpha value is -2.36. The monoisotopic (exact) mass is 383 g/mol. The van der Waals surface area contributed by atoms with Gasteiger partial charge in [0, 0.05) is 5.69 Å². The maximum absolute atomic E-state index is 13.4. The summed E-state index contributed by atoms with van der Waals surface area (Å²) in [5.41, 5.74) is 3.09. The number of benzene rings is 2. The van der Waals surface area contributed by atoms with E-state index >= 15 is 0 Å². The normalized spacial score (nSPS) is 16.1. The van der Waals surface area contributed by atoms with E-state index in [-0.39, 0.29) is 17.8 Å². The van der Waals surface area contributed by atoms with Crippen LogP contribution in [0.5, 0.6) is 5.75 Å². The summed E-state index contributed by atoms with van der Waals surface area (Å²) in [6.45, 7) is 8.00. The first-order valence-electron chi connectivity index (χ1n) is 10.2. The molecule has 2 aromatic rings. The van der Waals surface area contributed by atoms with Crippen LogP contribution in [0.1, 0.15) is 62.6 Å². The molecule has 28 heavy (non-hydrogen) atoms. The zero-order valence-corrected chi connectivity index (χ0v) is 17.3. The lowest BCUT2D eigenvalue weighted by atomic mass is 9.68. The van der Waals surface area contributed by atoms with Crippen LogP contribution >= 0.6 is 0 Å². The summed E-state index contributed by atoms with van der Waals surface area (Å²) in [7, 11) is 0. The molecule has 0 saturated heterocycles. The number of aryl methyl sites for hydroxylation is 2. The van der Waals surface area contributed by atoms with Crippen molar-refractivity contribution in [2.45, 2.75) is 71.3 Å². The summed E-state index contributed by atoms with van der Waals surface area (Å²) in [6.07, 6.45) is 4.82. The fraction of sp³-hybridized carbons (Fsp3) is 0.458. The Morgan fingerprint density at radius 2 is 1.61 bits per heavy atom. The van der Waals surface area contributed by atoms with Crippen molar-refractivity contribution in [3.05, 3.63) is 58.9 Å². The molecule has 1 aliphatic carbocycles. The van der Waals surface area contributed by atoms with Gasteiger partial charge in [0.15, 0.2) is 0 Å². The third-order valence-corrected chi connectivity index (χ3v) is 5.61. The fourth-order valence-electron chi connectivity index (χ4n) is 4.27. The summed E-state index contributed by atoms with van der Waals surface area (Å²) in [4.78, 5) is 13.4. The summed E-state index contributed by atoms with van der Waals surface area (Å²) in [5.74, 6) is 0.594. The molecule has 4 heteroatoms. The van der Waals surface area contributed by atoms with Crippen LogP contribution in [0.4, 0.5) is 10.1 Å². The van der Waals surface area contributed by atoms with Gasteiger partial charge in [0.2, 0.25) is 5.91 Å². The molecule has 3 nitrogen and oxygen atoms in total. The molecule has 1 aliphatic rings. The SMILES string of the molecule is Cc1cc(NC(=O)C2(c3ccc(F)cc3)CCCCC2)cc(C)c1OC(C)C. The molecule has 0 radical (unpaired) electrons. The van der Waals surface area contributed by atoms with Crippen LogP contribution in [0.25, 0.3) is 0 Å². The Bertz CT molecular complexity index is 813. The van der Waals surface area contributed by atoms with Gasteiger partial charge in [0.25, 0.3) is 0 Å². The van der Waals surface area contributed by atoms with Gasteiger partial charge < -0.3 is 10.1 Å². The molecule has 3 rings (SSSR count). The Morgan fingerprint density at radius 3 is 2.14 bits per heavy atom. The van der Waals surface area contributed by atoms with E-state index < -0.39 is 5.41 Å². The van der Waals surface area contributed by atoms with E-state index in [1.54, 1.807) is 12.1 Å². The molecule has 0 atom stereocenters. The van der Waals surface area contributed by atoms with Crippen molar-refractivity contribution in [1.82, 2.24) is 0 Å². The molecule has 0 unspecified atom stereocenters. The van der Waals surface area contributed by atoms with Crippen LogP contribution in [-0.2, 0) is 10.2 Å². The molecular weight excluding hydrogens is 353 g/mol. The van der Waals surface area contributed by atoms with E-state index in [2.05, 4.69) is 5.32 Å². The molecule has 1 amide bonds. The van der Waals surface area contributed by atoms with Crippen LogP contribution in [0.3, 0.4) is 0 Å². The summed E-state index contributed by atoms with van der Waals surface area (Å²) >= 11 is 0. The highest BCUT2D eigenvalue weighted by molar-refractivity contribution is 5.99. The average molecular weight is 384 g/mol. The Balaban J connectivity index is 1.89. The minimum Gasteiger partial charge on any atom is -0.490 e. The minimum absolute atomic E-state index is 0.00450. The van der Waals surface area contributed by atoms with Crippen molar-refractivity contribution in [1.29, 1.82) is 0 Å². The highest BCUT2D eigenvalue weighted by atomic mass is 19.1. The number of anilines is 1. The predicted molar refractivity (Wildman–Crippen MR) is 111 cm³/mol. The van der Waals surface area contributed by atoms with Crippen molar-refractivity contribution in [3.63, 3.8) is 0 Å². The highest BCUT2D eigenvalue weighted by Gasteiger charge is 2.41. The largest absolute Gasteiger partial charge is 0.490 e. The Labute approximate surface area is 167 Å². The highest BCUT2D eigenvalue weighted by Crippen LogP contribution is 2.41. The van der Waals surface area contributed by atoms with Crippen molar-refractivity contribution < 1.29 is 13.9 Å². The molecule has 1 fully saturated rings. The maximum Gasteiger partial charge on any atom is 0.235 e. The second-order valence-electron chi connectivity index (χ2n) is 8.21. The number of halogens is 1. The van der Waals surface area contributed by atoms with Crippen molar-refractivity contribution in [3.8, 4) is 5.75 Å². The third-order valence-electron chi connectivity index (χ3n) is 5.61. The average Bonchev–Trinajstić information content (AvgIpc) is 2.65. The van der Waals surface area contributed by atoms with E-state index in [1.165, 1.54) is 12.1 Å². The molecule has 0 aromatic heterocycles. The molecule has 0 aliphatic heterocycles. The van der Waals surface area contributed by atoms with Crippen LogP contribution in [0.15, 0.2) is 36.4 Å². The van der Waals surface area contributed by atoms with E-state index in [4.69, 9.17) is 4.74 Å². The third kappa shape index (κ3) is 4.21. The van der Waals surface area contributed by atoms with Gasteiger partial charge in [0.1, 0.15) is 11.6 Å². The van der Waals surface area contributed by atoms with Crippen LogP contribution in [0, 0.1) is 19.7 Å². The number of hydrogen-bond acceptors (Lipinski definition) is 2. The predicted octanol–water partition coefficient (Wildman–Crippen LogP) is 6.07. The smallest absolute Gasteiger partial charge is 0.235 e. The molecule has 0 spiro atoms. The van der Waals surface area contributed by atoms with Crippen LogP contribution in [-0.4, -0.2) is 12.0 Å². The fourth-order valence-corrected chi connectivity index (χ4v) is 4.27. The quantitative estimate of drug-likeness (QED) is 0.680. The lowest BCUT2D eigenvalue weighted by molar-refractivity contribution is -0.122. The summed E-state index contributed by atoms with van der Waals surface area (Å²) in [6, 6.07) is 10.3. The van der Waals surface area contributed by atoms with Gasteiger partial charge in [0.05, 0.1) is 11.5 Å². The molecule has 2 aromatic carbocycles. The molecule has 1 saturated carbocycles. The second kappa shape index (κ2) is 8.34. The zero-order chi connectivity index (χ0) is 20.3. The first-order chi connectivity index (χ1) is 13.3. The number of carbonyl (C=O) groups excluding carboxylic acids is 1. The number of rotatable bonds is 5.